The Morgan fingerprint density at radius 2 is 2.04 bits per heavy atom. The fourth-order valence-corrected chi connectivity index (χ4v) is 2.20. The molecule has 8 nitrogen and oxygen atoms in total. The fraction of sp³-hybridized carbons (Fsp3) is 0. The van der Waals surface area contributed by atoms with Gasteiger partial charge < -0.3 is 5.32 Å². The molecule has 0 fully saturated rings. The lowest BCUT2D eigenvalue weighted by Gasteiger charge is -2.08. The van der Waals surface area contributed by atoms with Gasteiger partial charge in [-0.15, -0.1) is 0 Å². The van der Waals surface area contributed by atoms with Crippen molar-refractivity contribution >= 4 is 23.4 Å². The highest BCUT2D eigenvalue weighted by Crippen LogP contribution is 2.19. The van der Waals surface area contributed by atoms with Crippen LogP contribution in [0.4, 0.5) is 11.4 Å². The van der Waals surface area contributed by atoms with Gasteiger partial charge in [0, 0.05) is 18.2 Å². The number of anilines is 1. The van der Waals surface area contributed by atoms with Crippen molar-refractivity contribution in [1.82, 2.24) is 14.8 Å². The van der Waals surface area contributed by atoms with Gasteiger partial charge in [0.05, 0.1) is 16.3 Å². The third-order valence-corrected chi connectivity index (χ3v) is 3.34. The average Bonchev–Trinajstić information content (AvgIpc) is 3.15. The maximum absolute atomic E-state index is 12.1. The van der Waals surface area contributed by atoms with Crippen LogP contribution in [-0.4, -0.2) is 25.6 Å². The molecule has 0 atom stereocenters. The molecule has 0 aliphatic heterocycles. The predicted molar refractivity (Wildman–Crippen MR) is 92.1 cm³/mol. The molecule has 0 radical (unpaired) electrons. The molecular formula is C17H13N5O3. The van der Waals surface area contributed by atoms with Crippen molar-refractivity contribution in [2.24, 2.45) is 0 Å². The summed E-state index contributed by atoms with van der Waals surface area (Å²) in [7, 11) is 0. The zero-order valence-corrected chi connectivity index (χ0v) is 12.9. The molecule has 0 saturated heterocycles. The third kappa shape index (κ3) is 3.94. The Morgan fingerprint density at radius 3 is 2.80 bits per heavy atom. The van der Waals surface area contributed by atoms with Crippen LogP contribution in [0.5, 0.6) is 0 Å². The van der Waals surface area contributed by atoms with Crippen molar-refractivity contribution < 1.29 is 9.72 Å². The first-order valence-corrected chi connectivity index (χ1v) is 7.31. The Morgan fingerprint density at radius 1 is 1.20 bits per heavy atom. The Bertz CT molecular complexity index is 935. The Hall–Kier alpha value is -3.81. The molecule has 124 valence electrons. The summed E-state index contributed by atoms with van der Waals surface area (Å²) in [6.07, 6.45) is 5.77. The predicted octanol–water partition coefficient (Wildman–Crippen LogP) is 2.83. The van der Waals surface area contributed by atoms with Gasteiger partial charge in [0.15, 0.2) is 0 Å². The first kappa shape index (κ1) is 16.1. The monoisotopic (exact) mass is 335 g/mol. The molecule has 2 aromatic carbocycles. The largest absolute Gasteiger partial charge is 0.321 e. The number of nitro benzene ring substituents is 1. The summed E-state index contributed by atoms with van der Waals surface area (Å²) in [4.78, 5) is 26.3. The SMILES string of the molecule is O=C(/C=C/c1cccc([N+](=O)[O-])c1)Nc1ccccc1-n1cncn1. The van der Waals surface area contributed by atoms with Crippen LogP contribution in [0.2, 0.25) is 0 Å². The molecular weight excluding hydrogens is 322 g/mol. The number of non-ortho nitro benzene ring substituents is 1. The van der Waals surface area contributed by atoms with E-state index in [1.54, 1.807) is 35.0 Å². The molecule has 0 unspecified atom stereocenters. The number of rotatable bonds is 5. The van der Waals surface area contributed by atoms with Gasteiger partial charge in [-0.25, -0.2) is 9.67 Å². The van der Waals surface area contributed by atoms with E-state index in [2.05, 4.69) is 15.4 Å². The van der Waals surface area contributed by atoms with E-state index in [9.17, 15) is 14.9 Å². The second-order valence-electron chi connectivity index (χ2n) is 5.03. The molecule has 0 aliphatic rings. The summed E-state index contributed by atoms with van der Waals surface area (Å²) < 4.78 is 1.54. The molecule has 1 heterocycles. The lowest BCUT2D eigenvalue weighted by Crippen LogP contribution is -2.10. The molecule has 1 N–H and O–H groups in total. The van der Waals surface area contributed by atoms with Crippen LogP contribution in [-0.2, 0) is 4.79 Å². The fourth-order valence-electron chi connectivity index (χ4n) is 2.20. The minimum absolute atomic E-state index is 0.0286. The minimum Gasteiger partial charge on any atom is -0.321 e. The minimum atomic E-state index is -0.480. The number of nitrogens with one attached hydrogen (secondary N) is 1. The molecule has 0 aliphatic carbocycles. The van der Waals surface area contributed by atoms with Gasteiger partial charge in [0.25, 0.3) is 5.69 Å². The number of aromatic nitrogens is 3. The summed E-state index contributed by atoms with van der Waals surface area (Å²) in [5.41, 5.74) is 1.78. The van der Waals surface area contributed by atoms with E-state index in [4.69, 9.17) is 0 Å². The quantitative estimate of drug-likeness (QED) is 0.439. The molecule has 0 saturated carbocycles. The standard InChI is InChI=1S/C17H13N5O3/c23-17(9-8-13-4-3-5-14(10-13)22(24)25)20-15-6-1-2-7-16(15)21-12-18-11-19-21/h1-12H,(H,20,23)/b9-8+. The van der Waals surface area contributed by atoms with Gasteiger partial charge >= 0.3 is 0 Å². The summed E-state index contributed by atoms with van der Waals surface area (Å²) >= 11 is 0. The number of hydrogen-bond acceptors (Lipinski definition) is 5. The topological polar surface area (TPSA) is 103 Å². The van der Waals surface area contributed by atoms with Gasteiger partial charge in [-0.1, -0.05) is 24.3 Å². The molecule has 3 rings (SSSR count). The van der Waals surface area contributed by atoms with Gasteiger partial charge in [-0.2, -0.15) is 5.10 Å². The molecule has 1 amide bonds. The third-order valence-electron chi connectivity index (χ3n) is 3.34. The van der Waals surface area contributed by atoms with E-state index in [1.807, 2.05) is 6.07 Å². The van der Waals surface area contributed by atoms with Crippen molar-refractivity contribution in [2.75, 3.05) is 5.32 Å². The highest BCUT2D eigenvalue weighted by atomic mass is 16.6. The van der Waals surface area contributed by atoms with Gasteiger partial charge in [0.1, 0.15) is 12.7 Å². The van der Waals surface area contributed by atoms with Crippen molar-refractivity contribution in [1.29, 1.82) is 0 Å². The summed E-state index contributed by atoms with van der Waals surface area (Å²) in [5, 5.41) is 17.6. The lowest BCUT2D eigenvalue weighted by molar-refractivity contribution is -0.384. The van der Waals surface area contributed by atoms with Crippen LogP contribution in [0.3, 0.4) is 0 Å². The van der Waals surface area contributed by atoms with E-state index >= 15 is 0 Å². The van der Waals surface area contributed by atoms with Crippen molar-refractivity contribution in [3.8, 4) is 5.69 Å². The molecule has 1 aromatic heterocycles. The smallest absolute Gasteiger partial charge is 0.270 e. The summed E-state index contributed by atoms with van der Waals surface area (Å²) in [6.45, 7) is 0. The van der Waals surface area contributed by atoms with E-state index < -0.39 is 4.92 Å². The second-order valence-corrected chi connectivity index (χ2v) is 5.03. The zero-order valence-electron chi connectivity index (χ0n) is 12.9. The summed E-state index contributed by atoms with van der Waals surface area (Å²) in [5.74, 6) is -0.362. The van der Waals surface area contributed by atoms with Crippen LogP contribution in [0.25, 0.3) is 11.8 Å². The van der Waals surface area contributed by atoms with Crippen molar-refractivity contribution in [3.05, 3.63) is 82.9 Å². The number of para-hydroxylation sites is 2. The van der Waals surface area contributed by atoms with Crippen LogP contribution >= 0.6 is 0 Å². The van der Waals surface area contributed by atoms with E-state index in [1.165, 1.54) is 36.9 Å². The number of carbonyl (C=O) groups is 1. The molecule has 3 aromatic rings. The van der Waals surface area contributed by atoms with Gasteiger partial charge in [-0.05, 0) is 23.8 Å². The summed E-state index contributed by atoms with van der Waals surface area (Å²) in [6, 6.07) is 13.2. The number of benzene rings is 2. The maximum atomic E-state index is 12.1. The van der Waals surface area contributed by atoms with Gasteiger partial charge in [-0.3, -0.25) is 14.9 Å². The van der Waals surface area contributed by atoms with Crippen LogP contribution in [0.1, 0.15) is 5.56 Å². The van der Waals surface area contributed by atoms with E-state index in [-0.39, 0.29) is 11.6 Å². The highest BCUT2D eigenvalue weighted by molar-refractivity contribution is 6.03. The Kier molecular flexibility index (Phi) is 4.61. The second kappa shape index (κ2) is 7.18. The van der Waals surface area contributed by atoms with Crippen LogP contribution < -0.4 is 5.32 Å². The lowest BCUT2D eigenvalue weighted by atomic mass is 10.2. The van der Waals surface area contributed by atoms with E-state index in [0.717, 1.165) is 0 Å². The zero-order chi connectivity index (χ0) is 17.6. The number of nitro groups is 1. The average molecular weight is 335 g/mol. The van der Waals surface area contributed by atoms with Crippen molar-refractivity contribution in [2.45, 2.75) is 0 Å². The number of nitrogens with zero attached hydrogens (tertiary/aromatic N) is 4. The first-order valence-electron chi connectivity index (χ1n) is 7.31. The number of amides is 1. The Balaban J connectivity index is 1.76. The molecule has 0 bridgehead atoms. The van der Waals surface area contributed by atoms with Gasteiger partial charge in [0.2, 0.25) is 5.91 Å². The van der Waals surface area contributed by atoms with Crippen LogP contribution in [0.15, 0.2) is 67.3 Å². The first-order chi connectivity index (χ1) is 12.1. The maximum Gasteiger partial charge on any atom is 0.270 e. The van der Waals surface area contributed by atoms with Crippen LogP contribution in [0, 0.1) is 10.1 Å². The molecule has 8 heteroatoms. The normalized spacial score (nSPS) is 10.7. The number of carbonyl (C=O) groups excluding carboxylic acids is 1. The highest BCUT2D eigenvalue weighted by Gasteiger charge is 2.07. The van der Waals surface area contributed by atoms with E-state index in [0.29, 0.717) is 16.9 Å². The Labute approximate surface area is 142 Å². The number of hydrogen-bond donors (Lipinski definition) is 1. The molecule has 0 spiro atoms. The molecule has 25 heavy (non-hydrogen) atoms. The van der Waals surface area contributed by atoms with Crippen molar-refractivity contribution in [3.63, 3.8) is 0 Å².